The van der Waals surface area contributed by atoms with E-state index in [0.29, 0.717) is 12.5 Å². The predicted octanol–water partition coefficient (Wildman–Crippen LogP) is 2.98. The summed E-state index contributed by atoms with van der Waals surface area (Å²) in [5, 5.41) is 4.34. The van der Waals surface area contributed by atoms with E-state index >= 15 is 0 Å². The molecule has 2 aromatic heterocycles. The fourth-order valence-corrected chi connectivity index (χ4v) is 2.16. The molecule has 0 aliphatic carbocycles. The molecule has 0 aromatic carbocycles. The molecule has 90 valence electrons. The first kappa shape index (κ1) is 12.0. The molecule has 0 spiro atoms. The van der Waals surface area contributed by atoms with Gasteiger partial charge in [-0.05, 0) is 12.8 Å². The van der Waals surface area contributed by atoms with E-state index in [9.17, 15) is 0 Å². The van der Waals surface area contributed by atoms with E-state index in [1.165, 1.54) is 4.88 Å². The monoisotopic (exact) mass is 248 g/mol. The zero-order chi connectivity index (χ0) is 12.3. The van der Waals surface area contributed by atoms with Crippen molar-refractivity contribution >= 4 is 17.2 Å². The summed E-state index contributed by atoms with van der Waals surface area (Å²) in [5.74, 6) is 1.28. The molecule has 0 atom stereocenters. The lowest BCUT2D eigenvalue weighted by Gasteiger charge is -2.07. The van der Waals surface area contributed by atoms with E-state index < -0.39 is 0 Å². The van der Waals surface area contributed by atoms with E-state index in [2.05, 4.69) is 41.0 Å². The van der Waals surface area contributed by atoms with E-state index in [-0.39, 0.29) is 0 Å². The average molecular weight is 248 g/mol. The van der Waals surface area contributed by atoms with Crippen LogP contribution in [0.2, 0.25) is 0 Å². The van der Waals surface area contributed by atoms with Crippen molar-refractivity contribution in [2.75, 3.05) is 5.32 Å². The zero-order valence-corrected chi connectivity index (χ0v) is 11.1. The van der Waals surface area contributed by atoms with Gasteiger partial charge in [0.2, 0.25) is 0 Å². The van der Waals surface area contributed by atoms with Crippen LogP contribution in [0.1, 0.15) is 35.3 Å². The summed E-state index contributed by atoms with van der Waals surface area (Å²) in [5.41, 5.74) is 1.05. The number of rotatable bonds is 4. The Morgan fingerprint density at radius 2 is 2.12 bits per heavy atom. The number of nitrogens with zero attached hydrogens (tertiary/aromatic N) is 3. The molecule has 0 saturated carbocycles. The lowest BCUT2D eigenvalue weighted by molar-refractivity contribution is 0.813. The topological polar surface area (TPSA) is 50.7 Å². The number of aryl methyl sites for hydroxylation is 1. The van der Waals surface area contributed by atoms with E-state index in [1.807, 2.05) is 12.3 Å². The maximum absolute atomic E-state index is 4.30. The van der Waals surface area contributed by atoms with Crippen LogP contribution in [0.5, 0.6) is 0 Å². The Kier molecular flexibility index (Phi) is 3.68. The Morgan fingerprint density at radius 3 is 2.76 bits per heavy atom. The first-order chi connectivity index (χ1) is 8.15. The van der Waals surface area contributed by atoms with Gasteiger partial charge in [-0.1, -0.05) is 13.8 Å². The third-order valence-corrected chi connectivity index (χ3v) is 3.28. The summed E-state index contributed by atoms with van der Waals surface area (Å²) in [6.45, 7) is 7.02. The van der Waals surface area contributed by atoms with Gasteiger partial charge >= 0.3 is 0 Å². The molecule has 5 heteroatoms. The van der Waals surface area contributed by atoms with Gasteiger partial charge in [-0.15, -0.1) is 11.3 Å². The maximum atomic E-state index is 4.30. The second-order valence-electron chi connectivity index (χ2n) is 4.20. The summed E-state index contributed by atoms with van der Waals surface area (Å²) in [4.78, 5) is 14.0. The molecular weight excluding hydrogens is 232 g/mol. The van der Waals surface area contributed by atoms with Gasteiger partial charge in [0.25, 0.3) is 0 Å². The van der Waals surface area contributed by atoms with Crippen molar-refractivity contribution in [1.29, 1.82) is 0 Å². The Labute approximate surface area is 105 Å². The van der Waals surface area contributed by atoms with Crippen molar-refractivity contribution in [3.63, 3.8) is 0 Å². The number of anilines is 1. The molecule has 0 saturated heterocycles. The fourth-order valence-electron chi connectivity index (χ4n) is 1.43. The van der Waals surface area contributed by atoms with Gasteiger partial charge in [-0.2, -0.15) is 0 Å². The van der Waals surface area contributed by atoms with Crippen molar-refractivity contribution in [2.24, 2.45) is 0 Å². The summed E-state index contributed by atoms with van der Waals surface area (Å²) in [7, 11) is 0. The molecular formula is C12H16N4S. The van der Waals surface area contributed by atoms with Crippen molar-refractivity contribution in [3.8, 4) is 0 Å². The minimum Gasteiger partial charge on any atom is -0.363 e. The number of thiazole rings is 1. The van der Waals surface area contributed by atoms with Gasteiger partial charge in [0.05, 0.1) is 6.54 Å². The molecule has 0 amide bonds. The van der Waals surface area contributed by atoms with Crippen LogP contribution in [0.15, 0.2) is 18.6 Å². The summed E-state index contributed by atoms with van der Waals surface area (Å²) >= 11 is 1.70. The van der Waals surface area contributed by atoms with Crippen molar-refractivity contribution in [3.05, 3.63) is 34.2 Å². The lowest BCUT2D eigenvalue weighted by Crippen LogP contribution is -2.03. The number of aromatic nitrogens is 3. The minimum absolute atomic E-state index is 0.417. The van der Waals surface area contributed by atoms with Gasteiger partial charge in [0.15, 0.2) is 0 Å². The molecule has 0 aliphatic heterocycles. The Balaban J connectivity index is 2.01. The molecule has 0 unspecified atom stereocenters. The van der Waals surface area contributed by atoms with Crippen LogP contribution >= 0.6 is 11.3 Å². The van der Waals surface area contributed by atoms with Gasteiger partial charge in [0.1, 0.15) is 17.2 Å². The predicted molar refractivity (Wildman–Crippen MR) is 70.3 cm³/mol. The molecule has 17 heavy (non-hydrogen) atoms. The van der Waals surface area contributed by atoms with Crippen LogP contribution < -0.4 is 5.32 Å². The number of nitrogens with one attached hydrogen (secondary N) is 1. The standard InChI is InChI=1S/C12H16N4S/c1-8(2)10-4-11(16-7-15-10)13-6-12-14-5-9(3)17-12/h4-5,7-8H,6H2,1-3H3,(H,13,15,16). The summed E-state index contributed by atoms with van der Waals surface area (Å²) < 4.78 is 0. The van der Waals surface area contributed by atoms with Gasteiger partial charge in [-0.3, -0.25) is 0 Å². The molecule has 2 heterocycles. The van der Waals surface area contributed by atoms with Crippen LogP contribution in [0.25, 0.3) is 0 Å². The SMILES string of the molecule is Cc1cnc(CNc2cc(C(C)C)ncn2)s1. The van der Waals surface area contributed by atoms with Crippen molar-refractivity contribution < 1.29 is 0 Å². The summed E-state index contributed by atoms with van der Waals surface area (Å²) in [6, 6.07) is 1.99. The second-order valence-corrected chi connectivity index (χ2v) is 5.52. The lowest BCUT2D eigenvalue weighted by atomic mass is 10.1. The van der Waals surface area contributed by atoms with Gasteiger partial charge in [-0.25, -0.2) is 15.0 Å². The summed E-state index contributed by atoms with van der Waals surface area (Å²) in [6.07, 6.45) is 3.49. The highest BCUT2D eigenvalue weighted by Gasteiger charge is 2.03. The fraction of sp³-hybridized carbons (Fsp3) is 0.417. The third kappa shape index (κ3) is 3.23. The molecule has 0 bridgehead atoms. The molecule has 0 fully saturated rings. The van der Waals surface area contributed by atoms with Crippen LogP contribution in [0, 0.1) is 6.92 Å². The first-order valence-electron chi connectivity index (χ1n) is 5.62. The highest BCUT2D eigenvalue weighted by Crippen LogP contribution is 2.16. The molecule has 0 aliphatic rings. The molecule has 1 N–H and O–H groups in total. The Morgan fingerprint density at radius 1 is 1.29 bits per heavy atom. The largest absolute Gasteiger partial charge is 0.363 e. The maximum Gasteiger partial charge on any atom is 0.129 e. The quantitative estimate of drug-likeness (QED) is 0.903. The molecule has 2 aromatic rings. The number of hydrogen-bond donors (Lipinski definition) is 1. The van der Waals surface area contributed by atoms with Crippen LogP contribution in [-0.4, -0.2) is 15.0 Å². The first-order valence-corrected chi connectivity index (χ1v) is 6.44. The third-order valence-electron chi connectivity index (χ3n) is 2.37. The van der Waals surface area contributed by atoms with Crippen molar-refractivity contribution in [1.82, 2.24) is 15.0 Å². The van der Waals surface area contributed by atoms with Crippen LogP contribution in [0.4, 0.5) is 5.82 Å². The highest BCUT2D eigenvalue weighted by molar-refractivity contribution is 7.11. The van der Waals surface area contributed by atoms with Gasteiger partial charge in [0, 0.05) is 22.8 Å². The second kappa shape index (κ2) is 5.23. The minimum atomic E-state index is 0.417. The van der Waals surface area contributed by atoms with Gasteiger partial charge < -0.3 is 5.32 Å². The average Bonchev–Trinajstić information content (AvgIpc) is 2.73. The molecule has 2 rings (SSSR count). The van der Waals surface area contributed by atoms with E-state index in [1.54, 1.807) is 17.7 Å². The Bertz CT molecular complexity index is 493. The van der Waals surface area contributed by atoms with E-state index in [4.69, 9.17) is 0 Å². The van der Waals surface area contributed by atoms with E-state index in [0.717, 1.165) is 16.5 Å². The Hall–Kier alpha value is -1.49. The van der Waals surface area contributed by atoms with Crippen LogP contribution in [0.3, 0.4) is 0 Å². The number of hydrogen-bond acceptors (Lipinski definition) is 5. The zero-order valence-electron chi connectivity index (χ0n) is 10.3. The van der Waals surface area contributed by atoms with Crippen molar-refractivity contribution in [2.45, 2.75) is 33.2 Å². The molecule has 4 nitrogen and oxygen atoms in total. The normalized spacial score (nSPS) is 10.8. The molecule has 0 radical (unpaired) electrons. The highest BCUT2D eigenvalue weighted by atomic mass is 32.1. The smallest absolute Gasteiger partial charge is 0.129 e. The van der Waals surface area contributed by atoms with Crippen LogP contribution in [-0.2, 0) is 6.54 Å².